The number of hydrogen-bond donors (Lipinski definition) is 2. The lowest BCUT2D eigenvalue weighted by Crippen LogP contribution is -2.47. The molecule has 190 valence electrons. The van der Waals surface area contributed by atoms with Gasteiger partial charge in [-0.1, -0.05) is 29.8 Å². The maximum absolute atomic E-state index is 13.2. The van der Waals surface area contributed by atoms with Crippen molar-refractivity contribution < 1.29 is 37.1 Å². The number of halogens is 4. The van der Waals surface area contributed by atoms with E-state index in [1.807, 2.05) is 30.0 Å². The number of piperazine rings is 1. The van der Waals surface area contributed by atoms with Crippen molar-refractivity contribution in [2.24, 2.45) is 0 Å². The van der Waals surface area contributed by atoms with Crippen molar-refractivity contribution in [2.45, 2.75) is 26.1 Å². The van der Waals surface area contributed by atoms with Gasteiger partial charge in [0.05, 0.1) is 0 Å². The van der Waals surface area contributed by atoms with E-state index in [1.54, 1.807) is 23.1 Å². The summed E-state index contributed by atoms with van der Waals surface area (Å²) in [5.74, 6) is -3.13. The molecule has 1 fully saturated rings. The number of rotatable bonds is 6. The second kappa shape index (κ2) is 12.8. The first-order valence-electron chi connectivity index (χ1n) is 10.9. The number of aliphatic carboxylic acids is 1. The lowest BCUT2D eigenvalue weighted by atomic mass is 10.1. The number of nitrogens with one attached hydrogen (secondary N) is 1. The number of alkyl halides is 3. The number of carbonyl (C=O) groups is 3. The zero-order valence-corrected chi connectivity index (χ0v) is 19.1. The molecule has 0 aromatic heterocycles. The Bertz CT molecular complexity index is 1010. The van der Waals surface area contributed by atoms with Crippen LogP contribution in [0.4, 0.5) is 17.6 Å². The van der Waals surface area contributed by atoms with Gasteiger partial charge in [0.15, 0.2) is 0 Å². The van der Waals surface area contributed by atoms with Crippen LogP contribution in [0.15, 0.2) is 48.5 Å². The standard InChI is InChI=1S/C22H26FN3O2.C2HF3O2/c1-17-3-2-4-19(15-17)22(28)26(16-18-5-7-20(23)8-6-18)12-9-21(27)25-13-10-24-11-14-25;3-2(4,5)1(6)7/h2-8,15,24H,9-14,16H2,1H3;(H,6,7). The molecule has 7 nitrogen and oxygen atoms in total. The van der Waals surface area contributed by atoms with E-state index >= 15 is 0 Å². The Labute approximate surface area is 200 Å². The van der Waals surface area contributed by atoms with Crippen LogP contribution in [-0.2, 0) is 16.1 Å². The van der Waals surface area contributed by atoms with Crippen LogP contribution in [0.2, 0.25) is 0 Å². The van der Waals surface area contributed by atoms with Crippen molar-refractivity contribution in [1.29, 1.82) is 0 Å². The number of aryl methyl sites for hydroxylation is 1. The summed E-state index contributed by atoms with van der Waals surface area (Å²) in [6.45, 7) is 5.59. The predicted molar refractivity (Wildman–Crippen MR) is 120 cm³/mol. The Morgan fingerprint density at radius 1 is 1.06 bits per heavy atom. The molecule has 2 N–H and O–H groups in total. The molecule has 2 aromatic carbocycles. The Morgan fingerprint density at radius 3 is 2.20 bits per heavy atom. The van der Waals surface area contributed by atoms with Gasteiger partial charge in [0.1, 0.15) is 5.82 Å². The van der Waals surface area contributed by atoms with Crippen molar-refractivity contribution in [3.8, 4) is 0 Å². The summed E-state index contributed by atoms with van der Waals surface area (Å²) in [6, 6.07) is 13.5. The van der Waals surface area contributed by atoms with E-state index in [0.717, 1.165) is 24.2 Å². The number of hydrogen-bond acceptors (Lipinski definition) is 4. The molecule has 0 spiro atoms. The minimum Gasteiger partial charge on any atom is -0.475 e. The highest BCUT2D eigenvalue weighted by Crippen LogP contribution is 2.14. The topological polar surface area (TPSA) is 90.0 Å². The molecule has 0 saturated carbocycles. The van der Waals surface area contributed by atoms with Crippen molar-refractivity contribution >= 4 is 17.8 Å². The molecule has 0 bridgehead atoms. The van der Waals surface area contributed by atoms with E-state index < -0.39 is 12.1 Å². The average molecular weight is 497 g/mol. The number of carboxylic acid groups (broad SMARTS) is 1. The average Bonchev–Trinajstić information content (AvgIpc) is 2.82. The van der Waals surface area contributed by atoms with Gasteiger partial charge in [0.25, 0.3) is 5.91 Å². The molecular weight excluding hydrogens is 470 g/mol. The van der Waals surface area contributed by atoms with Gasteiger partial charge in [0, 0.05) is 51.3 Å². The summed E-state index contributed by atoms with van der Waals surface area (Å²) < 4.78 is 45.0. The molecular formula is C24H27F4N3O4. The van der Waals surface area contributed by atoms with Gasteiger partial charge in [0.2, 0.25) is 5.91 Å². The zero-order chi connectivity index (χ0) is 26.0. The summed E-state index contributed by atoms with van der Waals surface area (Å²) in [7, 11) is 0. The fourth-order valence-corrected chi connectivity index (χ4v) is 3.33. The van der Waals surface area contributed by atoms with E-state index in [1.165, 1.54) is 12.1 Å². The van der Waals surface area contributed by atoms with Crippen molar-refractivity contribution in [3.63, 3.8) is 0 Å². The van der Waals surface area contributed by atoms with Crippen LogP contribution >= 0.6 is 0 Å². The molecule has 3 rings (SSSR count). The van der Waals surface area contributed by atoms with Crippen LogP contribution in [0.5, 0.6) is 0 Å². The van der Waals surface area contributed by atoms with Crippen molar-refractivity contribution in [2.75, 3.05) is 32.7 Å². The van der Waals surface area contributed by atoms with Crippen LogP contribution in [0.1, 0.15) is 27.9 Å². The SMILES string of the molecule is Cc1cccc(C(=O)N(CCC(=O)N2CCNCC2)Cc2ccc(F)cc2)c1.O=C(O)C(F)(F)F. The molecule has 0 unspecified atom stereocenters. The van der Waals surface area contributed by atoms with Gasteiger partial charge in [-0.3, -0.25) is 9.59 Å². The summed E-state index contributed by atoms with van der Waals surface area (Å²) in [4.78, 5) is 38.0. The fraction of sp³-hybridized carbons (Fsp3) is 0.375. The number of carboxylic acids is 1. The third kappa shape index (κ3) is 9.36. The van der Waals surface area contributed by atoms with Crippen LogP contribution in [0, 0.1) is 12.7 Å². The molecule has 11 heteroatoms. The Morgan fingerprint density at radius 2 is 1.66 bits per heavy atom. The minimum absolute atomic E-state index is 0.0580. The molecule has 1 heterocycles. The van der Waals surface area contributed by atoms with Crippen LogP contribution in [-0.4, -0.2) is 71.6 Å². The largest absolute Gasteiger partial charge is 0.490 e. The first kappa shape index (κ1) is 27.8. The molecule has 2 amide bonds. The van der Waals surface area contributed by atoms with Crippen LogP contribution in [0.25, 0.3) is 0 Å². The third-order valence-electron chi connectivity index (χ3n) is 5.15. The van der Waals surface area contributed by atoms with Gasteiger partial charge in [-0.25, -0.2) is 9.18 Å². The van der Waals surface area contributed by atoms with E-state index in [4.69, 9.17) is 9.90 Å². The minimum atomic E-state index is -5.08. The van der Waals surface area contributed by atoms with E-state index in [0.29, 0.717) is 31.7 Å². The first-order chi connectivity index (χ1) is 16.5. The summed E-state index contributed by atoms with van der Waals surface area (Å²) >= 11 is 0. The molecule has 1 aliphatic rings. The molecule has 1 aliphatic heterocycles. The van der Waals surface area contributed by atoms with Gasteiger partial charge in [-0.2, -0.15) is 13.2 Å². The number of nitrogens with zero attached hydrogens (tertiary/aromatic N) is 2. The highest BCUT2D eigenvalue weighted by Gasteiger charge is 2.38. The number of carbonyl (C=O) groups excluding carboxylic acids is 2. The first-order valence-corrected chi connectivity index (χ1v) is 10.9. The monoisotopic (exact) mass is 497 g/mol. The molecule has 0 radical (unpaired) electrons. The number of benzene rings is 2. The Balaban J connectivity index is 0.000000540. The molecule has 1 saturated heterocycles. The second-order valence-electron chi connectivity index (χ2n) is 7.91. The second-order valence-corrected chi connectivity index (χ2v) is 7.91. The lowest BCUT2D eigenvalue weighted by molar-refractivity contribution is -0.192. The normalized spacial score (nSPS) is 13.5. The predicted octanol–water partition coefficient (Wildman–Crippen LogP) is 3.23. The van der Waals surface area contributed by atoms with E-state index in [9.17, 15) is 27.2 Å². The van der Waals surface area contributed by atoms with E-state index in [2.05, 4.69) is 5.32 Å². The summed E-state index contributed by atoms with van der Waals surface area (Å²) in [5.41, 5.74) is 2.43. The van der Waals surface area contributed by atoms with Gasteiger partial charge in [-0.05, 0) is 36.8 Å². The van der Waals surface area contributed by atoms with Gasteiger partial charge in [-0.15, -0.1) is 0 Å². The van der Waals surface area contributed by atoms with Crippen molar-refractivity contribution in [1.82, 2.24) is 15.1 Å². The summed E-state index contributed by atoms with van der Waals surface area (Å²) in [6.07, 6.45) is -4.81. The molecule has 2 aromatic rings. The zero-order valence-electron chi connectivity index (χ0n) is 19.1. The lowest BCUT2D eigenvalue weighted by Gasteiger charge is -2.29. The van der Waals surface area contributed by atoms with E-state index in [-0.39, 0.29) is 24.1 Å². The Hall–Kier alpha value is -3.47. The maximum Gasteiger partial charge on any atom is 0.490 e. The molecule has 0 aliphatic carbocycles. The van der Waals surface area contributed by atoms with Crippen LogP contribution in [0.3, 0.4) is 0 Å². The highest BCUT2D eigenvalue weighted by atomic mass is 19.4. The maximum atomic E-state index is 13.2. The third-order valence-corrected chi connectivity index (χ3v) is 5.15. The quantitative estimate of drug-likeness (QED) is 0.599. The molecule has 35 heavy (non-hydrogen) atoms. The Kier molecular flexibility index (Phi) is 10.2. The van der Waals surface area contributed by atoms with Gasteiger partial charge < -0.3 is 20.2 Å². The highest BCUT2D eigenvalue weighted by molar-refractivity contribution is 5.94. The van der Waals surface area contributed by atoms with Crippen LogP contribution < -0.4 is 5.32 Å². The number of amides is 2. The fourth-order valence-electron chi connectivity index (χ4n) is 3.33. The summed E-state index contributed by atoms with van der Waals surface area (Å²) in [5, 5.41) is 10.4. The van der Waals surface area contributed by atoms with Gasteiger partial charge >= 0.3 is 12.1 Å². The smallest absolute Gasteiger partial charge is 0.475 e. The molecule has 0 atom stereocenters. The van der Waals surface area contributed by atoms with Crippen molar-refractivity contribution in [3.05, 3.63) is 71.0 Å².